The number of anilines is 1. The zero-order chi connectivity index (χ0) is 9.42. The molecule has 2 N–H and O–H groups in total. The van der Waals surface area contributed by atoms with Crippen LogP contribution in [0.25, 0.3) is 10.8 Å². The summed E-state index contributed by atoms with van der Waals surface area (Å²) in [6.07, 6.45) is 1.66. The molecule has 0 aliphatic rings. The maximum atomic E-state index is 5.92. The molecule has 0 radical (unpaired) electrons. The van der Waals surface area contributed by atoms with Crippen LogP contribution in [0, 0.1) is 0 Å². The number of fused-ring (bicyclic) bond motifs is 1. The summed E-state index contributed by atoms with van der Waals surface area (Å²) in [7, 11) is 0. The summed E-state index contributed by atoms with van der Waals surface area (Å²) in [5.74, 6) is 0. The molecule has 66 valence electrons. The van der Waals surface area contributed by atoms with Crippen LogP contribution in [0.3, 0.4) is 0 Å². The average molecular weight is 258 g/mol. The van der Waals surface area contributed by atoms with Crippen LogP contribution in [-0.2, 0) is 0 Å². The first-order valence-corrected chi connectivity index (χ1v) is 4.85. The molecule has 0 amide bonds. The molecule has 0 aliphatic heterocycles. The third-order valence-corrected chi connectivity index (χ3v) is 2.85. The van der Waals surface area contributed by atoms with Gasteiger partial charge >= 0.3 is 0 Å². The Balaban J connectivity index is 2.97. The highest BCUT2D eigenvalue weighted by Gasteiger charge is 2.05. The van der Waals surface area contributed by atoms with Gasteiger partial charge in [0.1, 0.15) is 5.15 Å². The number of nitrogen functional groups attached to an aromatic ring is 1. The van der Waals surface area contributed by atoms with Crippen molar-refractivity contribution < 1.29 is 0 Å². The van der Waals surface area contributed by atoms with E-state index in [2.05, 4.69) is 20.9 Å². The Hall–Kier alpha value is -0.800. The minimum absolute atomic E-state index is 0.441. The van der Waals surface area contributed by atoms with Crippen LogP contribution in [0.1, 0.15) is 0 Å². The molecular formula is C9H6BrClN2. The molecule has 0 bridgehead atoms. The molecule has 1 aromatic heterocycles. The number of nitrogens with zero attached hydrogens (tertiary/aromatic N) is 1. The van der Waals surface area contributed by atoms with Crippen molar-refractivity contribution in [3.8, 4) is 0 Å². The number of pyridine rings is 1. The smallest absolute Gasteiger partial charge is 0.138 e. The lowest BCUT2D eigenvalue weighted by Crippen LogP contribution is -1.90. The van der Waals surface area contributed by atoms with Crippen LogP contribution >= 0.6 is 27.5 Å². The highest BCUT2D eigenvalue weighted by atomic mass is 79.9. The van der Waals surface area contributed by atoms with Gasteiger partial charge in [0.05, 0.1) is 5.69 Å². The minimum atomic E-state index is 0.441. The van der Waals surface area contributed by atoms with Gasteiger partial charge in [-0.15, -0.1) is 0 Å². The molecule has 2 aromatic rings. The Labute approximate surface area is 88.8 Å². The Bertz CT molecular complexity index is 470. The number of benzene rings is 1. The highest BCUT2D eigenvalue weighted by molar-refractivity contribution is 9.10. The highest BCUT2D eigenvalue weighted by Crippen LogP contribution is 2.32. The number of rotatable bonds is 0. The first-order valence-electron chi connectivity index (χ1n) is 3.68. The molecule has 0 spiro atoms. The summed E-state index contributed by atoms with van der Waals surface area (Å²) in [6.45, 7) is 0. The van der Waals surface area contributed by atoms with Gasteiger partial charge in [-0.25, -0.2) is 4.98 Å². The van der Waals surface area contributed by atoms with Gasteiger partial charge in [0, 0.05) is 16.1 Å². The minimum Gasteiger partial charge on any atom is -0.397 e. The van der Waals surface area contributed by atoms with Crippen molar-refractivity contribution in [1.29, 1.82) is 0 Å². The van der Waals surface area contributed by atoms with Crippen molar-refractivity contribution in [2.45, 2.75) is 0 Å². The lowest BCUT2D eigenvalue weighted by atomic mass is 10.1. The van der Waals surface area contributed by atoms with Gasteiger partial charge in [-0.2, -0.15) is 0 Å². The van der Waals surface area contributed by atoms with Gasteiger partial charge in [0.25, 0.3) is 0 Å². The van der Waals surface area contributed by atoms with E-state index in [1.165, 1.54) is 0 Å². The average Bonchev–Trinajstić information content (AvgIpc) is 2.12. The standard InChI is InChI=1S/C9H6BrClN2/c10-6-2-1-5-3-4-13-9(11)7(5)8(6)12/h1-4H,12H2. The topological polar surface area (TPSA) is 38.9 Å². The van der Waals surface area contributed by atoms with Crippen molar-refractivity contribution in [2.75, 3.05) is 5.73 Å². The third-order valence-electron chi connectivity index (χ3n) is 1.87. The van der Waals surface area contributed by atoms with Gasteiger partial charge in [-0.1, -0.05) is 17.7 Å². The predicted molar refractivity (Wildman–Crippen MR) is 58.9 cm³/mol. The van der Waals surface area contributed by atoms with Crippen LogP contribution < -0.4 is 5.73 Å². The number of hydrogen-bond donors (Lipinski definition) is 1. The van der Waals surface area contributed by atoms with Gasteiger partial charge in [-0.05, 0) is 33.4 Å². The van der Waals surface area contributed by atoms with Gasteiger partial charge in [0.2, 0.25) is 0 Å². The zero-order valence-electron chi connectivity index (χ0n) is 6.59. The lowest BCUT2D eigenvalue weighted by Gasteiger charge is -2.04. The maximum Gasteiger partial charge on any atom is 0.138 e. The second kappa shape index (κ2) is 3.16. The van der Waals surface area contributed by atoms with Crippen LogP contribution in [0.5, 0.6) is 0 Å². The number of halogens is 2. The van der Waals surface area contributed by atoms with Crippen molar-refractivity contribution in [3.63, 3.8) is 0 Å². The molecule has 2 rings (SSSR count). The van der Waals surface area contributed by atoms with Gasteiger partial charge < -0.3 is 5.73 Å². The van der Waals surface area contributed by atoms with Crippen molar-refractivity contribution in [1.82, 2.24) is 4.98 Å². The molecular weight excluding hydrogens is 251 g/mol. The summed E-state index contributed by atoms with van der Waals surface area (Å²) in [5, 5.41) is 2.25. The Morgan fingerprint density at radius 1 is 1.31 bits per heavy atom. The molecule has 0 saturated carbocycles. The van der Waals surface area contributed by atoms with E-state index in [-0.39, 0.29) is 0 Å². The number of nitrogens with two attached hydrogens (primary N) is 1. The normalized spacial score (nSPS) is 10.6. The van der Waals surface area contributed by atoms with E-state index in [1.807, 2.05) is 18.2 Å². The lowest BCUT2D eigenvalue weighted by molar-refractivity contribution is 1.36. The molecule has 2 nitrogen and oxygen atoms in total. The molecule has 0 fully saturated rings. The summed E-state index contributed by atoms with van der Waals surface area (Å²) in [4.78, 5) is 3.97. The molecule has 13 heavy (non-hydrogen) atoms. The zero-order valence-corrected chi connectivity index (χ0v) is 8.93. The van der Waals surface area contributed by atoms with E-state index in [0.717, 1.165) is 15.2 Å². The van der Waals surface area contributed by atoms with Gasteiger partial charge in [0.15, 0.2) is 0 Å². The maximum absolute atomic E-state index is 5.92. The molecule has 1 aromatic carbocycles. The van der Waals surface area contributed by atoms with E-state index in [1.54, 1.807) is 6.20 Å². The van der Waals surface area contributed by atoms with Crippen LogP contribution in [-0.4, -0.2) is 4.98 Å². The third kappa shape index (κ3) is 1.38. The van der Waals surface area contributed by atoms with E-state index >= 15 is 0 Å². The second-order valence-corrected chi connectivity index (χ2v) is 3.87. The fourth-order valence-electron chi connectivity index (χ4n) is 1.23. The molecule has 1 heterocycles. The quantitative estimate of drug-likeness (QED) is 0.581. The molecule has 4 heteroatoms. The molecule has 0 unspecified atom stereocenters. The number of hydrogen-bond acceptors (Lipinski definition) is 2. The SMILES string of the molecule is Nc1c(Br)ccc2ccnc(Cl)c12. The Morgan fingerprint density at radius 2 is 2.08 bits per heavy atom. The monoisotopic (exact) mass is 256 g/mol. The molecule has 0 atom stereocenters. The van der Waals surface area contributed by atoms with Crippen LogP contribution in [0.15, 0.2) is 28.9 Å². The van der Waals surface area contributed by atoms with Crippen LogP contribution in [0.2, 0.25) is 5.15 Å². The summed E-state index contributed by atoms with van der Waals surface area (Å²) < 4.78 is 0.843. The van der Waals surface area contributed by atoms with E-state index in [4.69, 9.17) is 17.3 Å². The molecule has 0 aliphatic carbocycles. The number of aromatic nitrogens is 1. The summed E-state index contributed by atoms with van der Waals surface area (Å²) in [5.41, 5.74) is 6.48. The van der Waals surface area contributed by atoms with Crippen LogP contribution in [0.4, 0.5) is 5.69 Å². The Kier molecular flexibility index (Phi) is 2.14. The van der Waals surface area contributed by atoms with Gasteiger partial charge in [-0.3, -0.25) is 0 Å². The van der Waals surface area contributed by atoms with Crippen molar-refractivity contribution in [2.24, 2.45) is 0 Å². The van der Waals surface area contributed by atoms with E-state index in [9.17, 15) is 0 Å². The fourth-order valence-corrected chi connectivity index (χ4v) is 1.83. The van der Waals surface area contributed by atoms with E-state index in [0.29, 0.717) is 10.8 Å². The first-order chi connectivity index (χ1) is 6.20. The second-order valence-electron chi connectivity index (χ2n) is 2.66. The van der Waals surface area contributed by atoms with Crippen molar-refractivity contribution >= 4 is 44.0 Å². The molecule has 0 saturated heterocycles. The van der Waals surface area contributed by atoms with E-state index < -0.39 is 0 Å². The Morgan fingerprint density at radius 3 is 2.85 bits per heavy atom. The fraction of sp³-hybridized carbons (Fsp3) is 0. The summed E-state index contributed by atoms with van der Waals surface area (Å²) in [6, 6.07) is 5.72. The predicted octanol–water partition coefficient (Wildman–Crippen LogP) is 3.23. The summed E-state index contributed by atoms with van der Waals surface area (Å²) >= 11 is 9.26. The first kappa shape index (κ1) is 8.78. The van der Waals surface area contributed by atoms with Crippen molar-refractivity contribution in [3.05, 3.63) is 34.0 Å². The largest absolute Gasteiger partial charge is 0.397 e.